The van der Waals surface area contributed by atoms with Gasteiger partial charge in [-0.1, -0.05) is 54.1 Å². The van der Waals surface area contributed by atoms with Gasteiger partial charge < -0.3 is 5.73 Å². The molecule has 0 saturated carbocycles. The number of nitrogens with two attached hydrogens (primary N) is 1. The lowest BCUT2D eigenvalue weighted by Gasteiger charge is -2.11. The lowest BCUT2D eigenvalue weighted by Crippen LogP contribution is -1.94. The second-order valence-corrected chi connectivity index (χ2v) is 4.91. The van der Waals surface area contributed by atoms with Crippen LogP contribution in [-0.2, 0) is 0 Å². The van der Waals surface area contributed by atoms with Crippen LogP contribution in [0.4, 0.5) is 5.69 Å². The Kier molecular flexibility index (Phi) is 2.89. The molecule has 0 fully saturated rings. The molecule has 96 valence electrons. The van der Waals surface area contributed by atoms with Crippen LogP contribution in [0.1, 0.15) is 11.1 Å². The Hall–Kier alpha value is -2.79. The van der Waals surface area contributed by atoms with Crippen LogP contribution in [0.2, 0.25) is 0 Å². The standard InChI is InChI=1S/C18H14N2/c1-12-5-4-6-13(9-12)17-10-14(11-19)18(20)16-8-3-2-7-15(16)17/h2-10H,20H2,1H3. The summed E-state index contributed by atoms with van der Waals surface area (Å²) in [4.78, 5) is 0. The third-order valence-corrected chi connectivity index (χ3v) is 3.54. The van der Waals surface area contributed by atoms with Gasteiger partial charge in [0.2, 0.25) is 0 Å². The van der Waals surface area contributed by atoms with Gasteiger partial charge >= 0.3 is 0 Å². The number of nitriles is 1. The average Bonchev–Trinajstić information content (AvgIpc) is 2.48. The SMILES string of the molecule is Cc1cccc(-c2cc(C#N)c(N)c3ccccc23)c1. The van der Waals surface area contributed by atoms with Gasteiger partial charge in [-0.15, -0.1) is 0 Å². The molecule has 2 heteroatoms. The number of rotatable bonds is 1. The minimum Gasteiger partial charge on any atom is -0.397 e. The maximum absolute atomic E-state index is 9.27. The highest BCUT2D eigenvalue weighted by Gasteiger charge is 2.10. The predicted octanol–water partition coefficient (Wildman–Crippen LogP) is 4.27. The predicted molar refractivity (Wildman–Crippen MR) is 83.2 cm³/mol. The van der Waals surface area contributed by atoms with Crippen molar-refractivity contribution in [3.63, 3.8) is 0 Å². The van der Waals surface area contributed by atoms with Crippen molar-refractivity contribution in [1.82, 2.24) is 0 Å². The topological polar surface area (TPSA) is 49.8 Å². The quantitative estimate of drug-likeness (QED) is 0.663. The van der Waals surface area contributed by atoms with Crippen molar-refractivity contribution in [1.29, 1.82) is 5.26 Å². The third-order valence-electron chi connectivity index (χ3n) is 3.54. The number of anilines is 1. The molecule has 0 atom stereocenters. The molecule has 2 N–H and O–H groups in total. The van der Waals surface area contributed by atoms with Gasteiger partial charge in [0, 0.05) is 5.39 Å². The van der Waals surface area contributed by atoms with E-state index in [9.17, 15) is 5.26 Å². The molecule has 0 bridgehead atoms. The molecule has 20 heavy (non-hydrogen) atoms. The first kappa shape index (κ1) is 12.3. The van der Waals surface area contributed by atoms with E-state index in [2.05, 4.69) is 31.2 Å². The Labute approximate surface area is 118 Å². The summed E-state index contributed by atoms with van der Waals surface area (Å²) in [5.41, 5.74) is 10.5. The highest BCUT2D eigenvalue weighted by atomic mass is 14.6. The van der Waals surface area contributed by atoms with Crippen LogP contribution >= 0.6 is 0 Å². The van der Waals surface area contributed by atoms with Crippen molar-refractivity contribution >= 4 is 16.5 Å². The maximum atomic E-state index is 9.27. The zero-order chi connectivity index (χ0) is 14.1. The van der Waals surface area contributed by atoms with Crippen molar-refractivity contribution in [2.45, 2.75) is 6.92 Å². The van der Waals surface area contributed by atoms with E-state index in [-0.39, 0.29) is 0 Å². The summed E-state index contributed by atoms with van der Waals surface area (Å²) >= 11 is 0. The normalized spacial score (nSPS) is 10.4. The van der Waals surface area contributed by atoms with E-state index in [1.807, 2.05) is 36.4 Å². The van der Waals surface area contributed by atoms with Crippen LogP contribution in [0, 0.1) is 18.3 Å². The Morgan fingerprint density at radius 2 is 1.70 bits per heavy atom. The van der Waals surface area contributed by atoms with Crippen LogP contribution in [0.3, 0.4) is 0 Å². The molecule has 0 aliphatic heterocycles. The summed E-state index contributed by atoms with van der Waals surface area (Å²) in [5.74, 6) is 0. The lowest BCUT2D eigenvalue weighted by molar-refractivity contribution is 1.46. The van der Waals surface area contributed by atoms with Crippen LogP contribution in [0.15, 0.2) is 54.6 Å². The lowest BCUT2D eigenvalue weighted by atomic mass is 9.94. The van der Waals surface area contributed by atoms with E-state index in [0.717, 1.165) is 21.9 Å². The first-order valence-corrected chi connectivity index (χ1v) is 6.49. The van der Waals surface area contributed by atoms with Crippen LogP contribution in [-0.4, -0.2) is 0 Å². The van der Waals surface area contributed by atoms with E-state index < -0.39 is 0 Å². The summed E-state index contributed by atoms with van der Waals surface area (Å²) in [7, 11) is 0. The Bertz CT molecular complexity index is 842. The van der Waals surface area contributed by atoms with E-state index in [0.29, 0.717) is 11.3 Å². The fourth-order valence-electron chi connectivity index (χ4n) is 2.54. The number of nitrogens with zero attached hydrogens (tertiary/aromatic N) is 1. The fraction of sp³-hybridized carbons (Fsp3) is 0.0556. The van der Waals surface area contributed by atoms with E-state index in [1.165, 1.54) is 5.56 Å². The summed E-state index contributed by atoms with van der Waals surface area (Å²) < 4.78 is 0. The fourth-order valence-corrected chi connectivity index (χ4v) is 2.54. The Morgan fingerprint density at radius 3 is 2.40 bits per heavy atom. The molecule has 0 aliphatic carbocycles. The monoisotopic (exact) mass is 258 g/mol. The summed E-state index contributed by atoms with van der Waals surface area (Å²) in [5, 5.41) is 11.3. The van der Waals surface area contributed by atoms with Crippen LogP contribution in [0.5, 0.6) is 0 Å². The van der Waals surface area contributed by atoms with Gasteiger partial charge in [0.15, 0.2) is 0 Å². The molecule has 0 heterocycles. The van der Waals surface area contributed by atoms with Crippen molar-refractivity contribution in [2.75, 3.05) is 5.73 Å². The molecule has 3 aromatic carbocycles. The highest BCUT2D eigenvalue weighted by molar-refractivity contribution is 6.04. The van der Waals surface area contributed by atoms with Crippen molar-refractivity contribution in [3.8, 4) is 17.2 Å². The Morgan fingerprint density at radius 1 is 0.950 bits per heavy atom. The van der Waals surface area contributed by atoms with Gasteiger partial charge in [0.05, 0.1) is 11.3 Å². The second kappa shape index (κ2) is 4.71. The minimum atomic E-state index is 0.528. The average molecular weight is 258 g/mol. The minimum absolute atomic E-state index is 0.528. The molecule has 0 radical (unpaired) electrons. The molecule has 0 saturated heterocycles. The second-order valence-electron chi connectivity index (χ2n) is 4.91. The number of aryl methyl sites for hydroxylation is 1. The molecule has 0 aromatic heterocycles. The zero-order valence-corrected chi connectivity index (χ0v) is 11.2. The van der Waals surface area contributed by atoms with Gasteiger partial charge in [0.25, 0.3) is 0 Å². The Balaban J connectivity index is 2.42. The van der Waals surface area contributed by atoms with Crippen molar-refractivity contribution in [3.05, 3.63) is 65.7 Å². The van der Waals surface area contributed by atoms with Gasteiger partial charge in [-0.05, 0) is 29.5 Å². The smallest absolute Gasteiger partial charge is 0.101 e. The van der Waals surface area contributed by atoms with Crippen molar-refractivity contribution < 1.29 is 0 Å². The highest BCUT2D eigenvalue weighted by Crippen LogP contribution is 2.34. The summed E-state index contributed by atoms with van der Waals surface area (Å²) in [6.45, 7) is 2.06. The van der Waals surface area contributed by atoms with Gasteiger partial charge in [-0.3, -0.25) is 0 Å². The first-order valence-electron chi connectivity index (χ1n) is 6.49. The molecule has 0 aliphatic rings. The van der Waals surface area contributed by atoms with Gasteiger partial charge in [-0.2, -0.15) is 5.26 Å². The first-order chi connectivity index (χ1) is 9.70. The van der Waals surface area contributed by atoms with E-state index >= 15 is 0 Å². The molecular weight excluding hydrogens is 244 g/mol. The molecule has 0 unspecified atom stereocenters. The molecule has 3 rings (SSSR count). The molecule has 0 amide bonds. The molecule has 2 nitrogen and oxygen atoms in total. The number of hydrogen-bond donors (Lipinski definition) is 1. The largest absolute Gasteiger partial charge is 0.397 e. The van der Waals surface area contributed by atoms with E-state index in [4.69, 9.17) is 5.73 Å². The van der Waals surface area contributed by atoms with Crippen LogP contribution < -0.4 is 5.73 Å². The summed E-state index contributed by atoms with van der Waals surface area (Å²) in [6, 6.07) is 20.3. The zero-order valence-electron chi connectivity index (χ0n) is 11.2. The van der Waals surface area contributed by atoms with Gasteiger partial charge in [0.1, 0.15) is 6.07 Å². The van der Waals surface area contributed by atoms with Crippen molar-refractivity contribution in [2.24, 2.45) is 0 Å². The van der Waals surface area contributed by atoms with Gasteiger partial charge in [-0.25, -0.2) is 0 Å². The molecule has 3 aromatic rings. The number of benzene rings is 3. The molecular formula is C18H14N2. The number of fused-ring (bicyclic) bond motifs is 1. The van der Waals surface area contributed by atoms with Crippen LogP contribution in [0.25, 0.3) is 21.9 Å². The molecule has 0 spiro atoms. The number of nitrogen functional groups attached to an aromatic ring is 1. The number of hydrogen-bond acceptors (Lipinski definition) is 2. The summed E-state index contributed by atoms with van der Waals surface area (Å²) in [6.07, 6.45) is 0. The third kappa shape index (κ3) is 1.90. The maximum Gasteiger partial charge on any atom is 0.101 e. The van der Waals surface area contributed by atoms with E-state index in [1.54, 1.807) is 0 Å².